The van der Waals surface area contributed by atoms with Crippen LogP contribution >= 0.6 is 11.6 Å². The summed E-state index contributed by atoms with van der Waals surface area (Å²) in [5.74, 6) is 0.293. The standard InChI is InChI=1S/C13H16ClNO/c14-11-4-1-10(2-5-11)3-8-13(16)9-15-12-6-7-12/h1-2,4-5,12,15H,3,6-9H2. The zero-order valence-corrected chi connectivity index (χ0v) is 9.96. The molecule has 1 aliphatic carbocycles. The molecule has 0 heterocycles. The van der Waals surface area contributed by atoms with Crippen molar-refractivity contribution in [3.63, 3.8) is 0 Å². The van der Waals surface area contributed by atoms with Gasteiger partial charge < -0.3 is 5.32 Å². The van der Waals surface area contributed by atoms with Crippen LogP contribution in [0.2, 0.25) is 5.02 Å². The first-order valence-corrected chi connectivity index (χ1v) is 6.11. The molecule has 0 spiro atoms. The molecule has 1 aromatic carbocycles. The van der Waals surface area contributed by atoms with Gasteiger partial charge >= 0.3 is 0 Å². The van der Waals surface area contributed by atoms with Crippen molar-refractivity contribution in [1.82, 2.24) is 5.32 Å². The normalized spacial score (nSPS) is 15.1. The lowest BCUT2D eigenvalue weighted by Crippen LogP contribution is -2.24. The number of benzene rings is 1. The van der Waals surface area contributed by atoms with Crippen LogP contribution in [-0.2, 0) is 11.2 Å². The highest BCUT2D eigenvalue weighted by atomic mass is 35.5. The minimum absolute atomic E-state index is 0.293. The van der Waals surface area contributed by atoms with Crippen LogP contribution in [0.15, 0.2) is 24.3 Å². The van der Waals surface area contributed by atoms with E-state index in [-0.39, 0.29) is 0 Å². The number of rotatable bonds is 6. The van der Waals surface area contributed by atoms with E-state index in [2.05, 4.69) is 5.32 Å². The molecule has 0 atom stereocenters. The summed E-state index contributed by atoms with van der Waals surface area (Å²) in [6, 6.07) is 8.29. The number of hydrogen-bond donors (Lipinski definition) is 1. The van der Waals surface area contributed by atoms with E-state index >= 15 is 0 Å². The lowest BCUT2D eigenvalue weighted by atomic mass is 10.1. The Bertz CT molecular complexity index is 357. The van der Waals surface area contributed by atoms with Crippen LogP contribution in [0.25, 0.3) is 0 Å². The largest absolute Gasteiger partial charge is 0.307 e. The average molecular weight is 238 g/mol. The summed E-state index contributed by atoms with van der Waals surface area (Å²) in [6.45, 7) is 0.526. The molecular formula is C13H16ClNO. The first-order valence-electron chi connectivity index (χ1n) is 5.73. The van der Waals surface area contributed by atoms with Crippen molar-refractivity contribution in [1.29, 1.82) is 0 Å². The summed E-state index contributed by atoms with van der Waals surface area (Å²) in [5.41, 5.74) is 1.17. The highest BCUT2D eigenvalue weighted by Crippen LogP contribution is 2.18. The summed E-state index contributed by atoms with van der Waals surface area (Å²) in [6.07, 6.45) is 3.87. The van der Waals surface area contributed by atoms with E-state index < -0.39 is 0 Å². The Hall–Kier alpha value is -0.860. The van der Waals surface area contributed by atoms with Crippen LogP contribution in [0.3, 0.4) is 0 Å². The molecule has 2 rings (SSSR count). The maximum absolute atomic E-state index is 11.5. The number of nitrogens with one attached hydrogen (secondary N) is 1. The number of ketones is 1. The Balaban J connectivity index is 1.69. The molecule has 1 N–H and O–H groups in total. The number of carbonyl (C=O) groups excluding carboxylic acids is 1. The Morgan fingerprint density at radius 2 is 2.00 bits per heavy atom. The summed E-state index contributed by atoms with van der Waals surface area (Å²) >= 11 is 5.79. The number of Topliss-reactive ketones (excluding diaryl/α,β-unsaturated/α-hetero) is 1. The van der Waals surface area contributed by atoms with Gasteiger partial charge in [0.2, 0.25) is 0 Å². The summed E-state index contributed by atoms with van der Waals surface area (Å²) in [7, 11) is 0. The van der Waals surface area contributed by atoms with Crippen LogP contribution < -0.4 is 5.32 Å². The van der Waals surface area contributed by atoms with Crippen molar-refractivity contribution in [2.75, 3.05) is 6.54 Å². The van der Waals surface area contributed by atoms with E-state index in [0.29, 0.717) is 24.8 Å². The van der Waals surface area contributed by atoms with Crippen molar-refractivity contribution in [3.8, 4) is 0 Å². The molecule has 16 heavy (non-hydrogen) atoms. The summed E-state index contributed by atoms with van der Waals surface area (Å²) in [4.78, 5) is 11.5. The second kappa shape index (κ2) is 5.46. The molecule has 0 amide bonds. The molecular weight excluding hydrogens is 222 g/mol. The molecule has 3 heteroatoms. The Kier molecular flexibility index (Phi) is 3.97. The van der Waals surface area contributed by atoms with E-state index in [4.69, 9.17) is 11.6 Å². The van der Waals surface area contributed by atoms with Crippen molar-refractivity contribution in [3.05, 3.63) is 34.9 Å². The van der Waals surface area contributed by atoms with Crippen LogP contribution in [0.5, 0.6) is 0 Å². The summed E-state index contributed by atoms with van der Waals surface area (Å²) < 4.78 is 0. The minimum Gasteiger partial charge on any atom is -0.307 e. The topological polar surface area (TPSA) is 29.1 Å². The van der Waals surface area contributed by atoms with Crippen LogP contribution in [0, 0.1) is 0 Å². The van der Waals surface area contributed by atoms with Crippen LogP contribution in [0.4, 0.5) is 0 Å². The number of halogens is 1. The van der Waals surface area contributed by atoms with Crippen LogP contribution in [-0.4, -0.2) is 18.4 Å². The van der Waals surface area contributed by atoms with E-state index in [1.54, 1.807) is 0 Å². The molecule has 0 unspecified atom stereocenters. The molecule has 0 aromatic heterocycles. The van der Waals surface area contributed by atoms with E-state index in [1.165, 1.54) is 18.4 Å². The third kappa shape index (κ3) is 3.95. The van der Waals surface area contributed by atoms with E-state index in [9.17, 15) is 4.79 Å². The predicted molar refractivity (Wildman–Crippen MR) is 65.8 cm³/mol. The number of aryl methyl sites for hydroxylation is 1. The smallest absolute Gasteiger partial charge is 0.146 e. The Labute approximate surface area is 101 Å². The van der Waals surface area contributed by atoms with Crippen molar-refractivity contribution >= 4 is 17.4 Å². The fourth-order valence-electron chi connectivity index (χ4n) is 1.57. The Morgan fingerprint density at radius 3 is 2.62 bits per heavy atom. The van der Waals surface area contributed by atoms with Gasteiger partial charge in [-0.3, -0.25) is 4.79 Å². The van der Waals surface area contributed by atoms with Crippen LogP contribution in [0.1, 0.15) is 24.8 Å². The highest BCUT2D eigenvalue weighted by molar-refractivity contribution is 6.30. The maximum Gasteiger partial charge on any atom is 0.146 e. The van der Waals surface area contributed by atoms with Gasteiger partial charge in [0.25, 0.3) is 0 Å². The number of carbonyl (C=O) groups is 1. The van der Waals surface area contributed by atoms with Crippen molar-refractivity contribution in [2.45, 2.75) is 31.7 Å². The third-order valence-corrected chi connectivity index (χ3v) is 3.02. The molecule has 1 saturated carbocycles. The first kappa shape index (κ1) is 11.6. The van der Waals surface area contributed by atoms with Gasteiger partial charge in [0.05, 0.1) is 6.54 Å². The van der Waals surface area contributed by atoms with Gasteiger partial charge in [0.1, 0.15) is 5.78 Å². The van der Waals surface area contributed by atoms with Gasteiger partial charge in [-0.05, 0) is 37.0 Å². The molecule has 0 bridgehead atoms. The SMILES string of the molecule is O=C(CCc1ccc(Cl)cc1)CNC1CC1. The molecule has 1 aliphatic rings. The van der Waals surface area contributed by atoms with Gasteiger partial charge in [-0.25, -0.2) is 0 Å². The lowest BCUT2D eigenvalue weighted by molar-refractivity contribution is -0.118. The van der Waals surface area contributed by atoms with Gasteiger partial charge in [-0.1, -0.05) is 23.7 Å². The van der Waals surface area contributed by atoms with Gasteiger partial charge in [-0.2, -0.15) is 0 Å². The van der Waals surface area contributed by atoms with Gasteiger partial charge in [0.15, 0.2) is 0 Å². The maximum atomic E-state index is 11.5. The molecule has 0 radical (unpaired) electrons. The highest BCUT2D eigenvalue weighted by Gasteiger charge is 2.20. The second-order valence-electron chi connectivity index (χ2n) is 4.32. The molecule has 2 nitrogen and oxygen atoms in total. The summed E-state index contributed by atoms with van der Waals surface area (Å²) in [5, 5.41) is 3.97. The molecule has 1 fully saturated rings. The van der Waals surface area contributed by atoms with E-state index in [0.717, 1.165) is 11.4 Å². The van der Waals surface area contributed by atoms with Gasteiger partial charge in [-0.15, -0.1) is 0 Å². The fourth-order valence-corrected chi connectivity index (χ4v) is 1.69. The first-order chi connectivity index (χ1) is 7.74. The lowest BCUT2D eigenvalue weighted by Gasteiger charge is -2.03. The van der Waals surface area contributed by atoms with Gasteiger partial charge in [0, 0.05) is 17.5 Å². The fraction of sp³-hybridized carbons (Fsp3) is 0.462. The van der Waals surface area contributed by atoms with E-state index in [1.807, 2.05) is 24.3 Å². The zero-order valence-electron chi connectivity index (χ0n) is 9.21. The minimum atomic E-state index is 0.293. The van der Waals surface area contributed by atoms with Crippen molar-refractivity contribution in [2.24, 2.45) is 0 Å². The number of hydrogen-bond acceptors (Lipinski definition) is 2. The third-order valence-electron chi connectivity index (χ3n) is 2.77. The van der Waals surface area contributed by atoms with Crippen molar-refractivity contribution < 1.29 is 4.79 Å². The zero-order chi connectivity index (χ0) is 11.4. The molecule has 1 aromatic rings. The predicted octanol–water partition coefficient (Wildman–Crippen LogP) is 2.59. The monoisotopic (exact) mass is 237 g/mol. The average Bonchev–Trinajstić information content (AvgIpc) is 3.09. The molecule has 86 valence electrons. The molecule has 0 saturated heterocycles. The molecule has 0 aliphatic heterocycles. The second-order valence-corrected chi connectivity index (χ2v) is 4.76. The Morgan fingerprint density at radius 1 is 1.31 bits per heavy atom. The quantitative estimate of drug-likeness (QED) is 0.824.